The van der Waals surface area contributed by atoms with Crippen LogP contribution >= 0.6 is 11.6 Å². The molecular weight excluding hydrogens is 500 g/mol. The summed E-state index contributed by atoms with van der Waals surface area (Å²) in [6, 6.07) is 25.0. The van der Waals surface area contributed by atoms with E-state index in [1.165, 1.54) is 4.90 Å². The number of benzene rings is 3. The zero-order valence-corrected chi connectivity index (χ0v) is 21.8. The van der Waals surface area contributed by atoms with Crippen LogP contribution in [-0.2, 0) is 22.4 Å². The summed E-state index contributed by atoms with van der Waals surface area (Å²) < 4.78 is 0. The minimum absolute atomic E-state index is 0.172. The van der Waals surface area contributed by atoms with Crippen molar-refractivity contribution in [1.29, 1.82) is 0 Å². The monoisotopic (exact) mass is 528 g/mol. The van der Waals surface area contributed by atoms with Crippen LogP contribution in [0.3, 0.4) is 0 Å². The fourth-order valence-electron chi connectivity index (χ4n) is 5.02. The molecule has 0 saturated carbocycles. The maximum absolute atomic E-state index is 14.0. The van der Waals surface area contributed by atoms with E-state index in [-0.39, 0.29) is 24.4 Å². The Bertz CT molecular complexity index is 1360. The topological polar surface area (TPSA) is 81.8 Å². The van der Waals surface area contributed by atoms with Crippen LogP contribution in [0.5, 0.6) is 0 Å². The van der Waals surface area contributed by atoms with Gasteiger partial charge < -0.3 is 15.5 Å². The second kappa shape index (κ2) is 11.1. The molecule has 0 spiro atoms. The average Bonchev–Trinajstić information content (AvgIpc) is 3.28. The SMILES string of the molecule is CN1C(=O)NC(c2ccc(Cl)cc2)C2=C1CN(C(Cc1ccccc1)C(=O)NCCc1ccccc1)C2=O. The van der Waals surface area contributed by atoms with Gasteiger partial charge in [-0.2, -0.15) is 0 Å². The second-order valence-corrected chi connectivity index (χ2v) is 9.96. The molecular formula is C30H29ClN4O3. The van der Waals surface area contributed by atoms with Gasteiger partial charge in [0, 0.05) is 25.0 Å². The van der Waals surface area contributed by atoms with Crippen molar-refractivity contribution in [3.63, 3.8) is 0 Å². The summed E-state index contributed by atoms with van der Waals surface area (Å²) in [6.07, 6.45) is 1.05. The molecule has 8 heteroatoms. The summed E-state index contributed by atoms with van der Waals surface area (Å²) >= 11 is 6.07. The van der Waals surface area contributed by atoms with Crippen molar-refractivity contribution in [3.05, 3.63) is 118 Å². The van der Waals surface area contributed by atoms with Crippen molar-refractivity contribution >= 4 is 29.4 Å². The minimum atomic E-state index is -0.736. The third-order valence-corrected chi connectivity index (χ3v) is 7.35. The largest absolute Gasteiger partial charge is 0.354 e. The number of nitrogens with one attached hydrogen (secondary N) is 2. The number of rotatable bonds is 8. The van der Waals surface area contributed by atoms with Crippen molar-refractivity contribution in [2.24, 2.45) is 0 Å². The van der Waals surface area contributed by atoms with Gasteiger partial charge in [0.15, 0.2) is 0 Å². The highest BCUT2D eigenvalue weighted by Gasteiger charge is 2.46. The molecule has 0 radical (unpaired) electrons. The first kappa shape index (κ1) is 25.5. The number of carbonyl (C=O) groups excluding carboxylic acids is 3. The molecule has 2 aliphatic rings. The summed E-state index contributed by atoms with van der Waals surface area (Å²) in [5.41, 5.74) is 3.91. The molecule has 0 aliphatic carbocycles. The molecule has 7 nitrogen and oxygen atoms in total. The number of nitrogens with zero attached hydrogens (tertiary/aromatic N) is 2. The molecule has 2 N–H and O–H groups in total. The maximum atomic E-state index is 14.0. The van der Waals surface area contributed by atoms with E-state index < -0.39 is 12.1 Å². The average molecular weight is 529 g/mol. The van der Waals surface area contributed by atoms with Crippen LogP contribution in [0, 0.1) is 0 Å². The Morgan fingerprint density at radius 2 is 1.61 bits per heavy atom. The molecule has 2 aliphatic heterocycles. The van der Waals surface area contributed by atoms with E-state index >= 15 is 0 Å². The Hall–Kier alpha value is -4.10. The van der Waals surface area contributed by atoms with E-state index in [1.807, 2.05) is 60.7 Å². The predicted octanol–water partition coefficient (Wildman–Crippen LogP) is 4.10. The molecule has 38 heavy (non-hydrogen) atoms. The van der Waals surface area contributed by atoms with Crippen molar-refractivity contribution < 1.29 is 14.4 Å². The quantitative estimate of drug-likeness (QED) is 0.462. The summed E-state index contributed by atoms with van der Waals surface area (Å²) in [6.45, 7) is 0.627. The lowest BCUT2D eigenvalue weighted by Crippen LogP contribution is -2.50. The van der Waals surface area contributed by atoms with E-state index in [1.54, 1.807) is 36.2 Å². The second-order valence-electron chi connectivity index (χ2n) is 9.52. The van der Waals surface area contributed by atoms with E-state index in [4.69, 9.17) is 11.6 Å². The van der Waals surface area contributed by atoms with Gasteiger partial charge in [0.1, 0.15) is 6.04 Å². The van der Waals surface area contributed by atoms with E-state index in [0.29, 0.717) is 35.7 Å². The predicted molar refractivity (Wildman–Crippen MR) is 146 cm³/mol. The van der Waals surface area contributed by atoms with Gasteiger partial charge in [-0.1, -0.05) is 84.4 Å². The highest BCUT2D eigenvalue weighted by atomic mass is 35.5. The fourth-order valence-corrected chi connectivity index (χ4v) is 5.15. The number of likely N-dealkylation sites (N-methyl/N-ethyl adjacent to an activating group) is 1. The molecule has 5 rings (SSSR count). The first-order chi connectivity index (χ1) is 18.4. The van der Waals surface area contributed by atoms with Crippen LogP contribution in [-0.4, -0.2) is 53.8 Å². The third-order valence-electron chi connectivity index (χ3n) is 7.10. The standard InChI is InChI=1S/C30H29ClN4O3/c1-34-25-19-35(29(37)26(25)27(33-30(34)38)22-12-14-23(31)15-13-22)24(18-21-10-6-3-7-11-21)28(36)32-17-16-20-8-4-2-5-9-20/h2-15,24,27H,16-19H2,1H3,(H,32,36)(H,33,38). The van der Waals surface area contributed by atoms with Crippen molar-refractivity contribution in [2.45, 2.75) is 24.9 Å². The lowest BCUT2D eigenvalue weighted by molar-refractivity contribution is -0.136. The number of hydrogen-bond donors (Lipinski definition) is 2. The van der Waals surface area contributed by atoms with Gasteiger partial charge in [-0.25, -0.2) is 4.79 Å². The Morgan fingerprint density at radius 1 is 0.974 bits per heavy atom. The zero-order chi connectivity index (χ0) is 26.6. The van der Waals surface area contributed by atoms with Crippen LogP contribution in [0.15, 0.2) is 96.2 Å². The minimum Gasteiger partial charge on any atom is -0.354 e. The van der Waals surface area contributed by atoms with Crippen molar-refractivity contribution in [1.82, 2.24) is 20.4 Å². The highest BCUT2D eigenvalue weighted by molar-refractivity contribution is 6.30. The Balaban J connectivity index is 1.41. The summed E-state index contributed by atoms with van der Waals surface area (Å²) in [5, 5.41) is 6.54. The number of amides is 4. The van der Waals surface area contributed by atoms with Crippen molar-refractivity contribution in [2.75, 3.05) is 20.1 Å². The Morgan fingerprint density at radius 3 is 2.26 bits per heavy atom. The normalized spacial score (nSPS) is 17.8. The molecule has 3 aromatic rings. The maximum Gasteiger partial charge on any atom is 0.322 e. The van der Waals surface area contributed by atoms with Gasteiger partial charge in [0.05, 0.1) is 23.9 Å². The van der Waals surface area contributed by atoms with Gasteiger partial charge in [0.25, 0.3) is 5.91 Å². The fraction of sp³-hybridized carbons (Fsp3) is 0.233. The smallest absolute Gasteiger partial charge is 0.322 e. The van der Waals surface area contributed by atoms with Crippen LogP contribution in [0.2, 0.25) is 5.02 Å². The summed E-state index contributed by atoms with van der Waals surface area (Å²) in [5.74, 6) is -0.478. The van der Waals surface area contributed by atoms with Gasteiger partial charge in [-0.3, -0.25) is 14.5 Å². The number of carbonyl (C=O) groups is 3. The Kier molecular flexibility index (Phi) is 7.47. The van der Waals surface area contributed by atoms with E-state index in [0.717, 1.165) is 16.7 Å². The first-order valence-electron chi connectivity index (χ1n) is 12.6. The molecule has 2 unspecified atom stereocenters. The lowest BCUT2D eigenvalue weighted by Gasteiger charge is -2.31. The third kappa shape index (κ3) is 5.29. The lowest BCUT2D eigenvalue weighted by atomic mass is 9.95. The molecule has 2 heterocycles. The molecule has 3 aromatic carbocycles. The Labute approximate surface area is 227 Å². The van der Waals surface area contributed by atoms with E-state index in [9.17, 15) is 14.4 Å². The molecule has 0 aromatic heterocycles. The van der Waals surface area contributed by atoms with Crippen molar-refractivity contribution in [3.8, 4) is 0 Å². The molecule has 0 bridgehead atoms. The summed E-state index contributed by atoms with van der Waals surface area (Å²) in [7, 11) is 1.64. The van der Waals surface area contributed by atoms with Gasteiger partial charge in [-0.15, -0.1) is 0 Å². The van der Waals surface area contributed by atoms with Gasteiger partial charge in [0.2, 0.25) is 5.91 Å². The van der Waals surface area contributed by atoms with Crippen LogP contribution in [0.25, 0.3) is 0 Å². The molecule has 2 atom stereocenters. The van der Waals surface area contributed by atoms with Gasteiger partial charge in [-0.05, 0) is 35.2 Å². The zero-order valence-electron chi connectivity index (χ0n) is 21.1. The molecule has 4 amide bonds. The molecule has 0 saturated heterocycles. The highest BCUT2D eigenvalue weighted by Crippen LogP contribution is 2.37. The summed E-state index contributed by atoms with van der Waals surface area (Å²) in [4.78, 5) is 43.4. The van der Waals surface area contributed by atoms with Crippen LogP contribution in [0.4, 0.5) is 4.79 Å². The number of urea groups is 1. The number of halogens is 1. The number of hydrogen-bond acceptors (Lipinski definition) is 3. The molecule has 194 valence electrons. The molecule has 0 fully saturated rings. The van der Waals surface area contributed by atoms with Crippen LogP contribution < -0.4 is 10.6 Å². The van der Waals surface area contributed by atoms with Gasteiger partial charge >= 0.3 is 6.03 Å². The first-order valence-corrected chi connectivity index (χ1v) is 13.0. The van der Waals surface area contributed by atoms with E-state index in [2.05, 4.69) is 10.6 Å². The van der Waals surface area contributed by atoms with Crippen LogP contribution in [0.1, 0.15) is 22.7 Å².